The van der Waals surface area contributed by atoms with E-state index in [1.54, 1.807) is 6.92 Å². The molecule has 1 aliphatic heterocycles. The molecule has 4 heteroatoms. The number of piperidine rings is 1. The van der Waals surface area contributed by atoms with Gasteiger partial charge in [-0.1, -0.05) is 66.6 Å². The summed E-state index contributed by atoms with van der Waals surface area (Å²) in [7, 11) is 0. The van der Waals surface area contributed by atoms with Crippen molar-refractivity contribution in [2.24, 2.45) is 0 Å². The number of hydrogen-bond acceptors (Lipinski definition) is 4. The summed E-state index contributed by atoms with van der Waals surface area (Å²) in [6, 6.07) is 15.6. The molecule has 4 nitrogen and oxygen atoms in total. The van der Waals surface area contributed by atoms with Crippen LogP contribution < -0.4 is 0 Å². The van der Waals surface area contributed by atoms with E-state index in [1.807, 2.05) is 104 Å². The average Bonchev–Trinajstić information content (AvgIpc) is 2.73. The largest absolute Gasteiger partial charge is 0.784 e. The van der Waals surface area contributed by atoms with Crippen molar-refractivity contribution >= 4 is 5.78 Å². The summed E-state index contributed by atoms with van der Waals surface area (Å²) < 4.78 is 0. The minimum absolute atomic E-state index is 0.125. The fourth-order valence-corrected chi connectivity index (χ4v) is 3.88. The van der Waals surface area contributed by atoms with E-state index < -0.39 is 5.60 Å². The molecule has 2 aromatic rings. The van der Waals surface area contributed by atoms with Crippen LogP contribution in [0.15, 0.2) is 48.5 Å². The van der Waals surface area contributed by atoms with Gasteiger partial charge in [0.15, 0.2) is 5.78 Å². The van der Waals surface area contributed by atoms with Gasteiger partial charge in [0.05, 0.1) is 5.60 Å². The third-order valence-electron chi connectivity index (χ3n) is 6.50. The molecule has 1 heterocycles. The highest BCUT2D eigenvalue weighted by molar-refractivity contribution is 5.93. The van der Waals surface area contributed by atoms with Gasteiger partial charge in [0.1, 0.15) is 0 Å². The lowest BCUT2D eigenvalue weighted by molar-refractivity contribution is 0.0194. The maximum Gasteiger partial charge on any atom is 0.159 e. The molecular weight excluding hydrogens is 410 g/mol. The van der Waals surface area contributed by atoms with Crippen LogP contribution in [0.5, 0.6) is 0 Å². The Balaban J connectivity index is 0.000000249. The second-order valence-electron chi connectivity index (χ2n) is 10.7. The highest BCUT2D eigenvalue weighted by atomic mass is 16.5. The second kappa shape index (κ2) is 11.9. The van der Waals surface area contributed by atoms with E-state index >= 15 is 0 Å². The lowest BCUT2D eigenvalue weighted by Crippen LogP contribution is -2.55. The molecule has 0 aromatic heterocycles. The molecular formula is C29H44NO3-. The van der Waals surface area contributed by atoms with Crippen molar-refractivity contribution in [3.63, 3.8) is 0 Å². The van der Waals surface area contributed by atoms with Crippen molar-refractivity contribution in [3.05, 3.63) is 76.0 Å². The van der Waals surface area contributed by atoms with Gasteiger partial charge in [-0.05, 0) is 86.6 Å². The van der Waals surface area contributed by atoms with Crippen molar-refractivity contribution in [2.75, 3.05) is 0 Å². The third kappa shape index (κ3) is 9.04. The maximum absolute atomic E-state index is 11.7. The summed E-state index contributed by atoms with van der Waals surface area (Å²) in [6.45, 7) is 17.6. The lowest BCUT2D eigenvalue weighted by Gasteiger charge is -2.58. The summed E-state index contributed by atoms with van der Waals surface area (Å²) in [6.07, 6.45) is 3.98. The Hall–Kier alpha value is -2.01. The topological polar surface area (TPSA) is 63.6 Å². The van der Waals surface area contributed by atoms with Gasteiger partial charge in [0.2, 0.25) is 0 Å². The van der Waals surface area contributed by atoms with E-state index in [0.717, 1.165) is 30.4 Å². The van der Waals surface area contributed by atoms with Crippen LogP contribution in [0.2, 0.25) is 0 Å². The number of rotatable bonds is 3. The molecule has 0 bridgehead atoms. The fraction of sp³-hybridized carbons (Fsp3) is 0.552. The number of hydroxylamine groups is 2. The van der Waals surface area contributed by atoms with Gasteiger partial charge in [-0.15, -0.1) is 0 Å². The molecule has 0 radical (unpaired) electrons. The van der Waals surface area contributed by atoms with Crippen molar-refractivity contribution < 1.29 is 9.90 Å². The van der Waals surface area contributed by atoms with Crippen LogP contribution in [-0.2, 0) is 5.60 Å². The lowest BCUT2D eigenvalue weighted by atomic mass is 9.82. The summed E-state index contributed by atoms with van der Waals surface area (Å²) in [5, 5.41) is 22.8. The van der Waals surface area contributed by atoms with E-state index in [2.05, 4.69) is 0 Å². The molecule has 0 amide bonds. The minimum atomic E-state index is -0.673. The maximum atomic E-state index is 11.7. The molecule has 2 aromatic carbocycles. The first-order valence-electron chi connectivity index (χ1n) is 12.0. The van der Waals surface area contributed by atoms with Crippen LogP contribution in [0, 0.1) is 19.1 Å². The van der Waals surface area contributed by atoms with Gasteiger partial charge < -0.3 is 15.4 Å². The van der Waals surface area contributed by atoms with E-state index in [-0.39, 0.29) is 16.9 Å². The van der Waals surface area contributed by atoms with E-state index in [9.17, 15) is 15.1 Å². The molecule has 0 aliphatic carbocycles. The molecule has 0 saturated carbocycles. The van der Waals surface area contributed by atoms with Crippen molar-refractivity contribution in [1.29, 1.82) is 0 Å². The highest BCUT2D eigenvalue weighted by Gasteiger charge is 2.34. The van der Waals surface area contributed by atoms with Gasteiger partial charge in [-0.25, -0.2) is 0 Å². The minimum Gasteiger partial charge on any atom is -0.784 e. The molecule has 0 unspecified atom stereocenters. The third-order valence-corrected chi connectivity index (χ3v) is 6.50. The zero-order chi connectivity index (χ0) is 25.4. The Morgan fingerprint density at radius 3 is 1.67 bits per heavy atom. The number of aryl methyl sites for hydroxylation is 2. The molecule has 1 atom stereocenters. The Morgan fingerprint density at radius 1 is 0.939 bits per heavy atom. The van der Waals surface area contributed by atoms with Gasteiger partial charge in [-0.3, -0.25) is 4.79 Å². The van der Waals surface area contributed by atoms with E-state index in [4.69, 9.17) is 0 Å². The Kier molecular flexibility index (Phi) is 10.5. The molecule has 184 valence electrons. The summed E-state index contributed by atoms with van der Waals surface area (Å²) >= 11 is 0. The molecule has 1 fully saturated rings. The first-order chi connectivity index (χ1) is 15.1. The van der Waals surface area contributed by atoms with Crippen LogP contribution in [0.1, 0.15) is 101 Å². The van der Waals surface area contributed by atoms with E-state index in [1.165, 1.54) is 22.6 Å². The normalized spacial score (nSPS) is 18.6. The molecule has 0 spiro atoms. The fourth-order valence-electron chi connectivity index (χ4n) is 3.88. The van der Waals surface area contributed by atoms with Crippen molar-refractivity contribution in [2.45, 2.75) is 105 Å². The van der Waals surface area contributed by atoms with Gasteiger partial charge in [0.25, 0.3) is 0 Å². The Labute approximate surface area is 201 Å². The summed E-state index contributed by atoms with van der Waals surface area (Å²) in [4.78, 5) is 10.8. The number of ketones is 1. The standard InChI is InChI=1S/C11H16O.C9H18NO.C9H10O/c1-4-11(3,12)10-7-5-9(2)6-8-10;1-8(2)6-5-7-9(3,4)10(8)11;1-7-3-5-9(6-4-7)8(2)10/h5-8,12H,4H2,1-3H3;5-7H2,1-4H3;3-6H,1-2H3/q;-1;/t11-;;/m1../s1. The van der Waals surface area contributed by atoms with Gasteiger partial charge in [-0.2, -0.15) is 0 Å². The highest BCUT2D eigenvalue weighted by Crippen LogP contribution is 2.36. The first-order valence-corrected chi connectivity index (χ1v) is 12.0. The molecule has 3 rings (SSSR count). The summed E-state index contributed by atoms with van der Waals surface area (Å²) in [5.74, 6) is 0.125. The Morgan fingerprint density at radius 2 is 1.33 bits per heavy atom. The number of aliphatic hydroxyl groups is 1. The second-order valence-corrected chi connectivity index (χ2v) is 10.7. The average molecular weight is 455 g/mol. The number of carbonyl (C=O) groups excluding carboxylic acids is 1. The first kappa shape index (κ1) is 29.0. The van der Waals surface area contributed by atoms with E-state index in [0.29, 0.717) is 0 Å². The number of Topliss-reactive ketones (excluding diaryl/α,β-unsaturated/α-hetero) is 1. The zero-order valence-electron chi connectivity index (χ0n) is 22.2. The van der Waals surface area contributed by atoms with Crippen LogP contribution in [-0.4, -0.2) is 27.0 Å². The van der Waals surface area contributed by atoms with Crippen LogP contribution in [0.25, 0.3) is 0 Å². The van der Waals surface area contributed by atoms with Gasteiger partial charge in [0, 0.05) is 16.6 Å². The Bertz CT molecular complexity index is 849. The number of carbonyl (C=O) groups is 1. The van der Waals surface area contributed by atoms with Crippen molar-refractivity contribution in [1.82, 2.24) is 5.06 Å². The monoisotopic (exact) mass is 454 g/mol. The van der Waals surface area contributed by atoms with Crippen LogP contribution in [0.4, 0.5) is 0 Å². The summed E-state index contributed by atoms with van der Waals surface area (Å²) in [5.41, 5.74) is 3.22. The quantitative estimate of drug-likeness (QED) is 0.493. The van der Waals surface area contributed by atoms with Crippen LogP contribution in [0.3, 0.4) is 0 Å². The number of hydrogen-bond donors (Lipinski definition) is 1. The molecule has 1 saturated heterocycles. The smallest absolute Gasteiger partial charge is 0.159 e. The van der Waals surface area contributed by atoms with Crippen LogP contribution >= 0.6 is 0 Å². The predicted molar refractivity (Wildman–Crippen MR) is 139 cm³/mol. The number of benzene rings is 2. The molecule has 1 N–H and O–H groups in total. The zero-order valence-corrected chi connectivity index (χ0v) is 22.2. The molecule has 33 heavy (non-hydrogen) atoms. The SMILES string of the molecule is CC(=O)c1ccc(C)cc1.CC1(C)CCCC(C)(C)N1[O-].CC[C@@](C)(O)c1ccc(C)cc1. The van der Waals surface area contributed by atoms with Crippen molar-refractivity contribution in [3.8, 4) is 0 Å². The molecule has 1 aliphatic rings. The number of nitrogens with zero attached hydrogens (tertiary/aromatic N) is 1. The predicted octanol–water partition coefficient (Wildman–Crippen LogP) is 7.34. The van der Waals surface area contributed by atoms with Gasteiger partial charge >= 0.3 is 0 Å².